The summed E-state index contributed by atoms with van der Waals surface area (Å²) < 4.78 is 2.82. The van der Waals surface area contributed by atoms with Crippen molar-refractivity contribution in [3.05, 3.63) is 68.7 Å². The second-order valence-electron chi connectivity index (χ2n) is 7.83. The summed E-state index contributed by atoms with van der Waals surface area (Å²) >= 11 is 3.46. The molecule has 0 saturated carbocycles. The number of nitrogens with one attached hydrogen (secondary N) is 1. The minimum absolute atomic E-state index is 0.0395. The van der Waals surface area contributed by atoms with Crippen LogP contribution < -0.4 is 5.56 Å². The number of aromatic nitrogens is 2. The van der Waals surface area contributed by atoms with Crippen molar-refractivity contribution in [1.29, 1.82) is 0 Å². The topological polar surface area (TPSA) is 78.3 Å². The van der Waals surface area contributed by atoms with E-state index in [1.54, 1.807) is 12.1 Å². The van der Waals surface area contributed by atoms with Gasteiger partial charge in [-0.25, -0.2) is 0 Å². The predicted octanol–water partition coefficient (Wildman–Crippen LogP) is 3.34. The van der Waals surface area contributed by atoms with Crippen molar-refractivity contribution < 1.29 is 9.90 Å². The lowest BCUT2D eigenvalue weighted by atomic mass is 9.82. The van der Waals surface area contributed by atoms with Crippen molar-refractivity contribution in [2.75, 3.05) is 13.1 Å². The van der Waals surface area contributed by atoms with Crippen molar-refractivity contribution in [2.24, 2.45) is 5.92 Å². The molecule has 6 nitrogen and oxygen atoms in total. The first kappa shape index (κ1) is 17.7. The van der Waals surface area contributed by atoms with Crippen LogP contribution in [0.15, 0.2) is 51.9 Å². The first-order valence-corrected chi connectivity index (χ1v) is 10.2. The molecule has 0 amide bonds. The van der Waals surface area contributed by atoms with Crippen molar-refractivity contribution in [2.45, 2.75) is 24.9 Å². The van der Waals surface area contributed by atoms with Gasteiger partial charge in [-0.2, -0.15) is 0 Å². The van der Waals surface area contributed by atoms with Gasteiger partial charge < -0.3 is 14.7 Å². The standard InChI is InChI=1S/C21H20BrN3O3/c22-14-4-5-15-16(8-23-17(15)7-14)20(21(27)28)24-9-12-6-13(11-24)18-2-1-3-19(26)25(18)10-12/h1-5,7-8,12-13,20,23H,6,9-11H2,(H,27,28)/t12-,13+,20?/m1/s1. The van der Waals surface area contributed by atoms with Crippen molar-refractivity contribution in [3.63, 3.8) is 0 Å². The maximum absolute atomic E-state index is 12.3. The van der Waals surface area contributed by atoms with Crippen LogP contribution in [0.25, 0.3) is 10.9 Å². The second-order valence-corrected chi connectivity index (χ2v) is 8.74. The molecule has 2 N–H and O–H groups in total. The highest BCUT2D eigenvalue weighted by atomic mass is 79.9. The molecule has 3 atom stereocenters. The second kappa shape index (κ2) is 6.60. The van der Waals surface area contributed by atoms with Gasteiger partial charge in [-0.1, -0.05) is 28.1 Å². The van der Waals surface area contributed by atoms with Gasteiger partial charge in [-0.05, 0) is 30.5 Å². The van der Waals surface area contributed by atoms with E-state index in [4.69, 9.17) is 0 Å². The Morgan fingerprint density at radius 3 is 2.89 bits per heavy atom. The molecule has 1 unspecified atom stereocenters. The normalized spacial score (nSPS) is 22.8. The summed E-state index contributed by atoms with van der Waals surface area (Å²) in [6.45, 7) is 1.98. The van der Waals surface area contributed by atoms with Crippen LogP contribution in [0.3, 0.4) is 0 Å². The van der Waals surface area contributed by atoms with Crippen molar-refractivity contribution in [1.82, 2.24) is 14.5 Å². The molecule has 0 radical (unpaired) electrons. The third kappa shape index (κ3) is 2.81. The SMILES string of the molecule is O=C(O)C(c1c[nH]c2cc(Br)ccc12)N1C[C@H]2C[C@@H](C1)c1cccc(=O)n1C2. The maximum Gasteiger partial charge on any atom is 0.325 e. The molecular formula is C21H20BrN3O3. The zero-order valence-electron chi connectivity index (χ0n) is 15.1. The molecule has 3 aromatic rings. The number of aromatic amines is 1. The lowest BCUT2D eigenvalue weighted by Gasteiger charge is -2.44. The van der Waals surface area contributed by atoms with Gasteiger partial charge in [0.2, 0.25) is 0 Å². The molecule has 0 aliphatic carbocycles. The van der Waals surface area contributed by atoms with Gasteiger partial charge in [0.1, 0.15) is 6.04 Å². The third-order valence-corrected chi connectivity index (χ3v) is 6.57. The van der Waals surface area contributed by atoms with Gasteiger partial charge in [0.05, 0.1) is 0 Å². The third-order valence-electron chi connectivity index (χ3n) is 6.08. The number of halogens is 1. The van der Waals surface area contributed by atoms with Crippen LogP contribution in [0.2, 0.25) is 0 Å². The molecule has 2 aliphatic rings. The highest BCUT2D eigenvalue weighted by Crippen LogP contribution is 2.39. The Hall–Kier alpha value is -2.38. The predicted molar refractivity (Wildman–Crippen MR) is 109 cm³/mol. The number of carboxylic acid groups (broad SMARTS) is 1. The minimum atomic E-state index is -0.839. The number of aliphatic carboxylic acids is 1. The summed E-state index contributed by atoms with van der Waals surface area (Å²) in [5.41, 5.74) is 2.78. The fraction of sp³-hybridized carbons (Fsp3) is 0.333. The van der Waals surface area contributed by atoms with Crippen LogP contribution in [-0.2, 0) is 11.3 Å². The number of fused-ring (bicyclic) bond motifs is 5. The van der Waals surface area contributed by atoms with Crippen LogP contribution in [-0.4, -0.2) is 38.6 Å². The number of benzene rings is 1. The van der Waals surface area contributed by atoms with Crippen LogP contribution in [0.1, 0.15) is 29.6 Å². The number of H-pyrrole nitrogens is 1. The summed E-state index contributed by atoms with van der Waals surface area (Å²) in [6.07, 6.45) is 2.83. The number of hydrogen-bond donors (Lipinski definition) is 2. The quantitative estimate of drug-likeness (QED) is 0.653. The zero-order valence-corrected chi connectivity index (χ0v) is 16.7. The summed E-state index contributed by atoms with van der Waals surface area (Å²) in [4.78, 5) is 29.8. The van der Waals surface area contributed by atoms with E-state index < -0.39 is 12.0 Å². The first-order chi connectivity index (χ1) is 13.5. The number of pyridine rings is 1. The molecule has 7 heteroatoms. The summed E-state index contributed by atoms with van der Waals surface area (Å²) in [6, 6.07) is 10.6. The number of rotatable bonds is 3. The fourth-order valence-corrected chi connectivity index (χ4v) is 5.34. The zero-order chi connectivity index (χ0) is 19.4. The Morgan fingerprint density at radius 2 is 2.07 bits per heavy atom. The lowest BCUT2D eigenvalue weighted by molar-refractivity contribution is -0.144. The Kier molecular flexibility index (Phi) is 4.17. The van der Waals surface area contributed by atoms with Gasteiger partial charge >= 0.3 is 5.97 Å². The molecule has 2 aromatic heterocycles. The van der Waals surface area contributed by atoms with Crippen molar-refractivity contribution >= 4 is 32.8 Å². The van der Waals surface area contributed by atoms with E-state index in [9.17, 15) is 14.7 Å². The summed E-state index contributed by atoms with van der Waals surface area (Å²) in [5.74, 6) is -0.371. The Bertz CT molecular complexity index is 1140. The van der Waals surface area contributed by atoms with Gasteiger partial charge in [0.25, 0.3) is 5.56 Å². The molecule has 1 aromatic carbocycles. The average molecular weight is 442 g/mol. The lowest BCUT2D eigenvalue weighted by Crippen LogP contribution is -2.49. The highest BCUT2D eigenvalue weighted by molar-refractivity contribution is 9.10. The van der Waals surface area contributed by atoms with E-state index in [2.05, 4.69) is 25.8 Å². The Labute approximate surface area is 169 Å². The maximum atomic E-state index is 12.3. The number of nitrogens with zero attached hydrogens (tertiary/aromatic N) is 2. The molecule has 0 spiro atoms. The van der Waals surface area contributed by atoms with E-state index in [1.165, 1.54) is 0 Å². The van der Waals surface area contributed by atoms with Crippen LogP contribution in [0, 0.1) is 5.92 Å². The van der Waals surface area contributed by atoms with Crippen LogP contribution in [0.5, 0.6) is 0 Å². The fourth-order valence-electron chi connectivity index (χ4n) is 4.98. The first-order valence-electron chi connectivity index (χ1n) is 9.44. The van der Waals surface area contributed by atoms with Gasteiger partial charge in [0.15, 0.2) is 0 Å². The summed E-state index contributed by atoms with van der Waals surface area (Å²) in [5, 5.41) is 11.0. The largest absolute Gasteiger partial charge is 0.480 e. The minimum Gasteiger partial charge on any atom is -0.480 e. The number of likely N-dealkylation sites (tertiary alicyclic amines) is 1. The number of piperidine rings is 1. The molecule has 1 saturated heterocycles. The van der Waals surface area contributed by atoms with Crippen LogP contribution >= 0.6 is 15.9 Å². The highest BCUT2D eigenvalue weighted by Gasteiger charge is 2.40. The number of carboxylic acids is 1. The smallest absolute Gasteiger partial charge is 0.325 e. The molecule has 144 valence electrons. The molecule has 1 fully saturated rings. The monoisotopic (exact) mass is 441 g/mol. The Morgan fingerprint density at radius 1 is 1.21 bits per heavy atom. The van der Waals surface area contributed by atoms with Gasteiger partial charge in [-0.15, -0.1) is 0 Å². The van der Waals surface area contributed by atoms with E-state index in [0.717, 1.165) is 33.1 Å². The Balaban J connectivity index is 1.54. The molecule has 28 heavy (non-hydrogen) atoms. The van der Waals surface area contributed by atoms with E-state index in [1.807, 2.05) is 35.0 Å². The summed E-state index contributed by atoms with van der Waals surface area (Å²) in [7, 11) is 0. The van der Waals surface area contributed by atoms with E-state index in [0.29, 0.717) is 19.6 Å². The molecule has 5 rings (SSSR count). The molecular weight excluding hydrogens is 422 g/mol. The number of carbonyl (C=O) groups is 1. The van der Waals surface area contributed by atoms with E-state index >= 15 is 0 Å². The molecule has 2 bridgehead atoms. The van der Waals surface area contributed by atoms with Gasteiger partial charge in [0, 0.05) is 64.4 Å². The molecule has 2 aliphatic heterocycles. The van der Waals surface area contributed by atoms with E-state index in [-0.39, 0.29) is 17.4 Å². The average Bonchev–Trinajstić information content (AvgIpc) is 3.05. The van der Waals surface area contributed by atoms with Crippen LogP contribution in [0.4, 0.5) is 0 Å². The van der Waals surface area contributed by atoms with Gasteiger partial charge in [-0.3, -0.25) is 14.5 Å². The molecule has 4 heterocycles. The van der Waals surface area contributed by atoms with Crippen molar-refractivity contribution in [3.8, 4) is 0 Å². The number of hydrogen-bond acceptors (Lipinski definition) is 3.